The molecule has 1 atom stereocenters. The first kappa shape index (κ1) is 64.3. The highest BCUT2D eigenvalue weighted by Gasteiger charge is 2.17. The SMILES string of the molecule is CC/C=C\C/C=C\C/C=C\C/C=C\C/C=C\C/C=C\CCC(=O)OCC(COCCCCCCCCCCCCCCCC)OC(=O)CCCCCCCC/C=C\C/C=C\C/C=C\C/C=C\CC. The summed E-state index contributed by atoms with van der Waals surface area (Å²) in [5.74, 6) is -0.511. The minimum absolute atomic E-state index is 0.0341. The molecular formula is C63H104O5. The lowest BCUT2D eigenvalue weighted by Crippen LogP contribution is -2.30. The lowest BCUT2D eigenvalue weighted by Gasteiger charge is -2.18. The molecule has 0 amide bonds. The fourth-order valence-corrected chi connectivity index (χ4v) is 7.41. The summed E-state index contributed by atoms with van der Waals surface area (Å²) in [6.45, 7) is 7.51. The molecule has 386 valence electrons. The van der Waals surface area contributed by atoms with E-state index in [2.05, 4.69) is 136 Å². The Morgan fingerprint density at radius 2 is 0.691 bits per heavy atom. The van der Waals surface area contributed by atoms with Crippen LogP contribution in [0.25, 0.3) is 0 Å². The monoisotopic (exact) mass is 941 g/mol. The zero-order valence-electron chi connectivity index (χ0n) is 44.3. The average Bonchev–Trinajstić information content (AvgIpc) is 3.34. The van der Waals surface area contributed by atoms with Crippen molar-refractivity contribution in [3.63, 3.8) is 0 Å². The molecule has 0 fully saturated rings. The molecule has 0 heterocycles. The first-order valence-corrected chi connectivity index (χ1v) is 28.1. The van der Waals surface area contributed by atoms with Crippen LogP contribution < -0.4 is 0 Å². The van der Waals surface area contributed by atoms with Gasteiger partial charge in [0.1, 0.15) is 6.61 Å². The Hall–Kier alpha value is -3.70. The van der Waals surface area contributed by atoms with Crippen molar-refractivity contribution in [3.8, 4) is 0 Å². The van der Waals surface area contributed by atoms with E-state index in [9.17, 15) is 9.59 Å². The Labute approximate surface area is 420 Å². The van der Waals surface area contributed by atoms with Crippen LogP contribution in [0.4, 0.5) is 0 Å². The molecule has 0 aliphatic rings. The number of hydrogen-bond donors (Lipinski definition) is 0. The Bertz CT molecular complexity index is 1390. The van der Waals surface area contributed by atoms with Crippen LogP contribution in [-0.2, 0) is 23.8 Å². The number of ether oxygens (including phenoxy) is 3. The van der Waals surface area contributed by atoms with Gasteiger partial charge in [0, 0.05) is 19.4 Å². The summed E-state index contributed by atoms with van der Waals surface area (Å²) < 4.78 is 17.4. The van der Waals surface area contributed by atoms with Crippen molar-refractivity contribution < 1.29 is 23.8 Å². The molecule has 0 spiro atoms. The molecule has 0 aromatic carbocycles. The highest BCUT2D eigenvalue weighted by atomic mass is 16.6. The second-order valence-electron chi connectivity index (χ2n) is 18.1. The van der Waals surface area contributed by atoms with E-state index in [0.717, 1.165) is 103 Å². The van der Waals surface area contributed by atoms with Gasteiger partial charge in [0.05, 0.1) is 6.61 Å². The third kappa shape index (κ3) is 54.9. The summed E-state index contributed by atoms with van der Waals surface area (Å²) in [5, 5.41) is 0. The van der Waals surface area contributed by atoms with E-state index >= 15 is 0 Å². The number of esters is 2. The third-order valence-corrected chi connectivity index (χ3v) is 11.5. The van der Waals surface area contributed by atoms with Gasteiger partial charge in [0.2, 0.25) is 0 Å². The van der Waals surface area contributed by atoms with Gasteiger partial charge in [-0.3, -0.25) is 9.59 Å². The number of hydrogen-bond acceptors (Lipinski definition) is 5. The number of unbranched alkanes of at least 4 members (excludes halogenated alkanes) is 19. The molecule has 0 saturated carbocycles. The van der Waals surface area contributed by atoms with Crippen molar-refractivity contribution in [2.24, 2.45) is 0 Å². The molecule has 0 saturated heterocycles. The van der Waals surface area contributed by atoms with Crippen LogP contribution in [0.5, 0.6) is 0 Å². The lowest BCUT2D eigenvalue weighted by molar-refractivity contribution is -0.162. The predicted molar refractivity (Wildman–Crippen MR) is 297 cm³/mol. The maximum atomic E-state index is 12.9. The van der Waals surface area contributed by atoms with Gasteiger partial charge in [0.25, 0.3) is 0 Å². The smallest absolute Gasteiger partial charge is 0.306 e. The molecule has 0 aromatic heterocycles. The van der Waals surface area contributed by atoms with Gasteiger partial charge in [0.15, 0.2) is 6.10 Å². The molecule has 1 unspecified atom stereocenters. The normalized spacial score (nSPS) is 13.2. The van der Waals surface area contributed by atoms with E-state index in [1.54, 1.807) is 0 Å². The van der Waals surface area contributed by atoms with Crippen LogP contribution in [0.1, 0.15) is 239 Å². The fourth-order valence-electron chi connectivity index (χ4n) is 7.41. The van der Waals surface area contributed by atoms with Gasteiger partial charge in [-0.2, -0.15) is 0 Å². The zero-order chi connectivity index (χ0) is 49.2. The molecule has 5 nitrogen and oxygen atoms in total. The predicted octanol–water partition coefficient (Wildman–Crippen LogP) is 19.3. The van der Waals surface area contributed by atoms with Gasteiger partial charge in [-0.05, 0) is 96.3 Å². The van der Waals surface area contributed by atoms with Crippen molar-refractivity contribution in [2.75, 3.05) is 19.8 Å². The number of allylic oxidation sites excluding steroid dienone is 20. The molecular weight excluding hydrogens is 837 g/mol. The quantitative estimate of drug-likeness (QED) is 0.0345. The molecule has 0 radical (unpaired) electrons. The molecule has 68 heavy (non-hydrogen) atoms. The maximum Gasteiger partial charge on any atom is 0.306 e. The summed E-state index contributed by atoms with van der Waals surface area (Å²) in [6.07, 6.45) is 80.8. The minimum Gasteiger partial charge on any atom is -0.462 e. The highest BCUT2D eigenvalue weighted by Crippen LogP contribution is 2.14. The highest BCUT2D eigenvalue weighted by molar-refractivity contribution is 5.70. The van der Waals surface area contributed by atoms with E-state index in [0.29, 0.717) is 25.9 Å². The van der Waals surface area contributed by atoms with Crippen LogP contribution in [0.3, 0.4) is 0 Å². The standard InChI is InChI=1S/C63H104O5/c1-4-7-10-13-16-19-22-25-28-30-32-34-36-38-41-44-47-50-53-56-62(64)67-60-61(59-66-58-55-52-49-46-43-40-27-24-21-18-15-12-9-6-3)68-63(65)57-54-51-48-45-42-39-37-35-33-31-29-26-23-20-17-14-11-8-5-2/h7-8,10-11,16-17,19-20,25-26,28-29,32-35,38,41,47,50,61H,4-6,9,12-15,18,21-24,27,30-31,36-37,39-40,42-46,48-49,51-60H2,1-3H3/b10-7-,11-8-,19-16-,20-17-,28-25-,29-26-,34-32-,35-33-,41-38-,50-47-. The molecule has 0 rings (SSSR count). The van der Waals surface area contributed by atoms with Crippen molar-refractivity contribution >= 4 is 11.9 Å². The zero-order valence-corrected chi connectivity index (χ0v) is 44.3. The summed E-state index contributed by atoms with van der Waals surface area (Å²) in [7, 11) is 0. The minimum atomic E-state index is -0.581. The first-order valence-electron chi connectivity index (χ1n) is 28.1. The van der Waals surface area contributed by atoms with Gasteiger partial charge in [-0.1, -0.05) is 251 Å². The van der Waals surface area contributed by atoms with Gasteiger partial charge in [-0.15, -0.1) is 0 Å². The fraction of sp³-hybridized carbons (Fsp3) is 0.651. The van der Waals surface area contributed by atoms with Crippen molar-refractivity contribution in [1.82, 2.24) is 0 Å². The molecule has 5 heteroatoms. The largest absolute Gasteiger partial charge is 0.462 e. The van der Waals surface area contributed by atoms with Crippen LogP contribution in [0.15, 0.2) is 122 Å². The van der Waals surface area contributed by atoms with E-state index < -0.39 is 6.10 Å². The molecule has 0 aliphatic heterocycles. The van der Waals surface area contributed by atoms with Gasteiger partial charge in [-0.25, -0.2) is 0 Å². The molecule has 0 aliphatic carbocycles. The van der Waals surface area contributed by atoms with Crippen LogP contribution in [0, 0.1) is 0 Å². The first-order chi connectivity index (χ1) is 33.6. The Morgan fingerprint density at radius 3 is 1.12 bits per heavy atom. The number of rotatable bonds is 50. The van der Waals surface area contributed by atoms with Crippen LogP contribution >= 0.6 is 0 Å². The maximum absolute atomic E-state index is 12.9. The Morgan fingerprint density at radius 1 is 0.338 bits per heavy atom. The summed E-state index contributed by atoms with van der Waals surface area (Å²) in [5.41, 5.74) is 0. The van der Waals surface area contributed by atoms with E-state index in [4.69, 9.17) is 14.2 Å². The average molecular weight is 942 g/mol. The Kier molecular flexibility index (Phi) is 54.5. The van der Waals surface area contributed by atoms with Crippen molar-refractivity contribution in [1.29, 1.82) is 0 Å². The summed E-state index contributed by atoms with van der Waals surface area (Å²) >= 11 is 0. The summed E-state index contributed by atoms with van der Waals surface area (Å²) in [4.78, 5) is 25.5. The van der Waals surface area contributed by atoms with Crippen molar-refractivity contribution in [2.45, 2.75) is 245 Å². The van der Waals surface area contributed by atoms with Crippen molar-refractivity contribution in [3.05, 3.63) is 122 Å². The third-order valence-electron chi connectivity index (χ3n) is 11.5. The van der Waals surface area contributed by atoms with Crippen LogP contribution in [-0.4, -0.2) is 37.9 Å². The molecule has 0 N–H and O–H groups in total. The van der Waals surface area contributed by atoms with Crippen LogP contribution in [0.2, 0.25) is 0 Å². The second kappa shape index (κ2) is 57.6. The molecule has 0 aromatic rings. The summed E-state index contributed by atoms with van der Waals surface area (Å²) in [6, 6.07) is 0. The van der Waals surface area contributed by atoms with E-state index in [-0.39, 0.29) is 25.2 Å². The Balaban J connectivity index is 4.43. The van der Waals surface area contributed by atoms with E-state index in [1.165, 1.54) is 96.3 Å². The second-order valence-corrected chi connectivity index (χ2v) is 18.1. The number of carbonyl (C=O) groups is 2. The number of carbonyl (C=O) groups excluding carboxylic acids is 2. The van der Waals surface area contributed by atoms with E-state index in [1.807, 2.05) is 6.08 Å². The topological polar surface area (TPSA) is 61.8 Å². The molecule has 0 bridgehead atoms. The lowest BCUT2D eigenvalue weighted by atomic mass is 10.0. The van der Waals surface area contributed by atoms with Gasteiger partial charge >= 0.3 is 11.9 Å². The van der Waals surface area contributed by atoms with Gasteiger partial charge < -0.3 is 14.2 Å².